The molecule has 7 nitrogen and oxygen atoms in total. The fourth-order valence-electron chi connectivity index (χ4n) is 4.07. The summed E-state index contributed by atoms with van der Waals surface area (Å²) in [6.07, 6.45) is 3.32. The molecular weight excluding hydrogens is 481 g/mol. The summed E-state index contributed by atoms with van der Waals surface area (Å²) in [5.41, 5.74) is 1.05. The highest BCUT2D eigenvalue weighted by Gasteiger charge is 2.31. The number of sulfone groups is 1. The highest BCUT2D eigenvalue weighted by molar-refractivity contribution is 7.91. The summed E-state index contributed by atoms with van der Waals surface area (Å²) in [7, 11) is -4.40. The number of aryl methyl sites for hydroxylation is 1. The molecule has 0 aliphatic carbocycles. The molecule has 9 heteroatoms. The van der Waals surface area contributed by atoms with Gasteiger partial charge in [0.15, 0.2) is 4.90 Å². The lowest BCUT2D eigenvalue weighted by Crippen LogP contribution is -2.27. The average Bonchev–Trinajstić information content (AvgIpc) is 2.88. The Hall–Kier alpha value is -3.85. The Kier molecular flexibility index (Phi) is 7.30. The zero-order chi connectivity index (χ0) is 25.9. The van der Waals surface area contributed by atoms with Crippen molar-refractivity contribution in [2.45, 2.75) is 48.9 Å². The molecular formula is C27H26FN3O4S. The minimum Gasteiger partial charge on any atom is -0.493 e. The van der Waals surface area contributed by atoms with Gasteiger partial charge >= 0.3 is 0 Å². The summed E-state index contributed by atoms with van der Waals surface area (Å²) >= 11 is 0. The van der Waals surface area contributed by atoms with Crippen molar-refractivity contribution in [3.05, 3.63) is 101 Å². The van der Waals surface area contributed by atoms with Crippen molar-refractivity contribution >= 4 is 9.84 Å². The number of halogens is 1. The normalized spacial score (nSPS) is 12.4. The van der Waals surface area contributed by atoms with Crippen molar-refractivity contribution in [3.63, 3.8) is 0 Å². The van der Waals surface area contributed by atoms with Crippen LogP contribution in [0.15, 0.2) is 87.5 Å². The monoisotopic (exact) mass is 507 g/mol. The lowest BCUT2D eigenvalue weighted by Gasteiger charge is -2.23. The molecule has 2 heterocycles. The number of benzene rings is 2. The number of hydrogen-bond donors (Lipinski definition) is 1. The van der Waals surface area contributed by atoms with Gasteiger partial charge in [0, 0.05) is 18.2 Å². The lowest BCUT2D eigenvalue weighted by atomic mass is 10.1. The van der Waals surface area contributed by atoms with E-state index in [1.165, 1.54) is 47.2 Å². The van der Waals surface area contributed by atoms with Crippen molar-refractivity contribution < 1.29 is 17.9 Å². The predicted molar refractivity (Wildman–Crippen MR) is 134 cm³/mol. The summed E-state index contributed by atoms with van der Waals surface area (Å²) in [5, 5.41) is 11.2. The molecule has 0 amide bonds. The van der Waals surface area contributed by atoms with E-state index in [0.29, 0.717) is 23.4 Å². The van der Waals surface area contributed by atoms with E-state index >= 15 is 0 Å². The van der Waals surface area contributed by atoms with Gasteiger partial charge in [-0.15, -0.1) is 0 Å². The third kappa shape index (κ3) is 4.92. The minimum atomic E-state index is -4.40. The summed E-state index contributed by atoms with van der Waals surface area (Å²) in [4.78, 5) is 19.8. The van der Waals surface area contributed by atoms with Crippen LogP contribution in [0.5, 0.6) is 5.88 Å². The van der Waals surface area contributed by atoms with Gasteiger partial charge in [0.05, 0.1) is 10.9 Å². The molecule has 0 bridgehead atoms. The Bertz CT molecular complexity index is 1520. The Morgan fingerprint density at radius 3 is 2.28 bits per heavy atom. The van der Waals surface area contributed by atoms with E-state index in [1.807, 2.05) is 44.2 Å². The van der Waals surface area contributed by atoms with E-state index in [-0.39, 0.29) is 4.90 Å². The smallest absolute Gasteiger partial charge is 0.296 e. The van der Waals surface area contributed by atoms with E-state index in [1.54, 1.807) is 0 Å². The van der Waals surface area contributed by atoms with E-state index in [4.69, 9.17) is 0 Å². The van der Waals surface area contributed by atoms with Gasteiger partial charge in [-0.25, -0.2) is 13.4 Å². The molecule has 186 valence electrons. The SMILES string of the molecule is CCCCc1nc(=O)c(S(=O)(=O)c2ccc(-c3ccc(F)nc3)cc2)c(O)n1C(C)c1ccccc1. The predicted octanol–water partition coefficient (Wildman–Crippen LogP) is 4.93. The zero-order valence-corrected chi connectivity index (χ0v) is 20.7. The zero-order valence-electron chi connectivity index (χ0n) is 19.9. The van der Waals surface area contributed by atoms with Crippen LogP contribution in [-0.4, -0.2) is 28.1 Å². The quantitative estimate of drug-likeness (QED) is 0.339. The summed E-state index contributed by atoms with van der Waals surface area (Å²) < 4.78 is 41.6. The summed E-state index contributed by atoms with van der Waals surface area (Å²) in [5.74, 6) is -0.928. The highest BCUT2D eigenvalue weighted by Crippen LogP contribution is 2.32. The second-order valence-electron chi connectivity index (χ2n) is 8.44. The van der Waals surface area contributed by atoms with Crippen LogP contribution in [0.1, 0.15) is 44.1 Å². The molecule has 0 radical (unpaired) electrons. The van der Waals surface area contributed by atoms with Crippen LogP contribution < -0.4 is 5.56 Å². The number of unbranched alkanes of at least 4 members (excludes halogenated alkanes) is 1. The van der Waals surface area contributed by atoms with Gasteiger partial charge in [0.2, 0.25) is 21.7 Å². The molecule has 2 aromatic heterocycles. The number of aromatic nitrogens is 3. The fraction of sp³-hybridized carbons (Fsp3) is 0.222. The molecule has 0 saturated carbocycles. The third-order valence-corrected chi connectivity index (χ3v) is 7.84. The van der Waals surface area contributed by atoms with Gasteiger partial charge in [-0.05, 0) is 48.7 Å². The van der Waals surface area contributed by atoms with Gasteiger partial charge in [-0.2, -0.15) is 9.37 Å². The molecule has 0 fully saturated rings. The van der Waals surface area contributed by atoms with Gasteiger partial charge in [0.1, 0.15) is 5.82 Å². The van der Waals surface area contributed by atoms with E-state index in [0.717, 1.165) is 18.4 Å². The summed E-state index contributed by atoms with van der Waals surface area (Å²) in [6.45, 7) is 3.81. The van der Waals surface area contributed by atoms with Crippen LogP contribution in [0, 0.1) is 5.95 Å². The van der Waals surface area contributed by atoms with Gasteiger partial charge < -0.3 is 5.11 Å². The molecule has 0 aliphatic heterocycles. The molecule has 1 atom stereocenters. The molecule has 4 rings (SSSR count). The third-order valence-electron chi connectivity index (χ3n) is 6.05. The maximum absolute atomic E-state index is 13.5. The molecule has 0 spiro atoms. The number of hydrogen-bond acceptors (Lipinski definition) is 6. The van der Waals surface area contributed by atoms with Crippen molar-refractivity contribution in [1.29, 1.82) is 0 Å². The Labute approximate surface area is 208 Å². The van der Waals surface area contributed by atoms with Crippen LogP contribution in [0.2, 0.25) is 0 Å². The lowest BCUT2D eigenvalue weighted by molar-refractivity contribution is 0.369. The second kappa shape index (κ2) is 10.4. The number of aromatic hydroxyl groups is 1. The van der Waals surface area contributed by atoms with Crippen molar-refractivity contribution in [1.82, 2.24) is 14.5 Å². The molecule has 0 aliphatic rings. The Morgan fingerprint density at radius 2 is 1.67 bits per heavy atom. The Morgan fingerprint density at radius 1 is 1.00 bits per heavy atom. The molecule has 0 saturated heterocycles. The van der Waals surface area contributed by atoms with E-state index in [2.05, 4.69) is 9.97 Å². The first-order valence-electron chi connectivity index (χ1n) is 11.6. The van der Waals surface area contributed by atoms with Gasteiger partial charge in [-0.3, -0.25) is 9.36 Å². The number of pyridine rings is 1. The van der Waals surface area contributed by atoms with Gasteiger partial charge in [-0.1, -0.05) is 55.8 Å². The maximum atomic E-state index is 13.5. The van der Waals surface area contributed by atoms with Gasteiger partial charge in [0.25, 0.3) is 5.56 Å². The first-order valence-corrected chi connectivity index (χ1v) is 13.1. The van der Waals surface area contributed by atoms with Crippen LogP contribution in [0.4, 0.5) is 4.39 Å². The topological polar surface area (TPSA) is 102 Å². The first kappa shape index (κ1) is 25.2. The van der Waals surface area contributed by atoms with Crippen molar-refractivity contribution in [3.8, 4) is 17.0 Å². The molecule has 36 heavy (non-hydrogen) atoms. The van der Waals surface area contributed by atoms with Crippen LogP contribution in [0.3, 0.4) is 0 Å². The van der Waals surface area contributed by atoms with Crippen molar-refractivity contribution in [2.24, 2.45) is 0 Å². The average molecular weight is 508 g/mol. The standard InChI is InChI=1S/C27H26FN3O4S/c1-3-4-10-24-30-26(32)25(27(33)31(24)18(2)19-8-6-5-7-9-19)36(34,35)22-14-11-20(12-15-22)21-13-16-23(28)29-17-21/h5-9,11-18,33H,3-4,10H2,1-2H3. The largest absolute Gasteiger partial charge is 0.493 e. The van der Waals surface area contributed by atoms with Crippen LogP contribution in [0.25, 0.3) is 11.1 Å². The van der Waals surface area contributed by atoms with Crippen LogP contribution in [-0.2, 0) is 16.3 Å². The van der Waals surface area contributed by atoms with E-state index in [9.17, 15) is 22.7 Å². The highest BCUT2D eigenvalue weighted by atomic mass is 32.2. The molecule has 2 aromatic carbocycles. The van der Waals surface area contributed by atoms with Crippen LogP contribution >= 0.6 is 0 Å². The van der Waals surface area contributed by atoms with E-state index < -0.39 is 38.2 Å². The maximum Gasteiger partial charge on any atom is 0.296 e. The molecule has 4 aromatic rings. The molecule has 1 N–H and O–H groups in total. The van der Waals surface area contributed by atoms with Crippen molar-refractivity contribution in [2.75, 3.05) is 0 Å². The number of nitrogens with zero attached hydrogens (tertiary/aromatic N) is 3. The molecule has 1 unspecified atom stereocenters. The number of rotatable bonds is 8. The summed E-state index contributed by atoms with van der Waals surface area (Å²) in [6, 6.07) is 17.3. The Balaban J connectivity index is 1.82. The first-order chi connectivity index (χ1) is 17.2. The second-order valence-corrected chi connectivity index (χ2v) is 10.3. The minimum absolute atomic E-state index is 0.171. The fourth-order valence-corrected chi connectivity index (χ4v) is 5.42.